The number of benzene rings is 2. The second-order valence-corrected chi connectivity index (χ2v) is 6.62. The Kier molecular flexibility index (Phi) is 6.22. The Hall–Kier alpha value is -3.84. The Labute approximate surface area is 174 Å². The van der Waals surface area contributed by atoms with Crippen LogP contribution in [0.25, 0.3) is 5.82 Å². The maximum absolute atomic E-state index is 12.5. The molecule has 2 aromatic heterocycles. The molecule has 0 aliphatic carbocycles. The first kappa shape index (κ1) is 19.5. The molecule has 0 saturated heterocycles. The Morgan fingerprint density at radius 3 is 2.30 bits per heavy atom. The monoisotopic (exact) mass is 399 g/mol. The van der Waals surface area contributed by atoms with Crippen LogP contribution in [-0.2, 0) is 16.1 Å². The normalized spacial score (nSPS) is 10.8. The molecule has 2 aromatic carbocycles. The molecule has 0 unspecified atom stereocenters. The van der Waals surface area contributed by atoms with E-state index >= 15 is 0 Å². The third kappa shape index (κ3) is 4.76. The Bertz CT molecular complexity index is 1030. The molecule has 1 N–H and O–H groups in total. The minimum absolute atomic E-state index is 0.0621. The van der Waals surface area contributed by atoms with Crippen LogP contribution in [0.4, 0.5) is 0 Å². The number of amides is 1. The van der Waals surface area contributed by atoms with Gasteiger partial charge >= 0.3 is 0 Å². The van der Waals surface area contributed by atoms with Crippen molar-refractivity contribution in [3.63, 3.8) is 0 Å². The van der Waals surface area contributed by atoms with E-state index in [-0.39, 0.29) is 18.6 Å². The fraction of sp³-hybridized carbons (Fsp3) is 0.130. The van der Waals surface area contributed by atoms with Crippen molar-refractivity contribution in [2.24, 2.45) is 0 Å². The fourth-order valence-electron chi connectivity index (χ4n) is 3.14. The van der Waals surface area contributed by atoms with Gasteiger partial charge in [-0.25, -0.2) is 14.6 Å². The van der Waals surface area contributed by atoms with Gasteiger partial charge in [-0.05, 0) is 17.2 Å². The van der Waals surface area contributed by atoms with Crippen molar-refractivity contribution < 1.29 is 9.53 Å². The second-order valence-electron chi connectivity index (χ2n) is 6.62. The molecular weight excluding hydrogens is 378 g/mol. The third-order valence-electron chi connectivity index (χ3n) is 4.57. The van der Waals surface area contributed by atoms with E-state index < -0.39 is 0 Å². The number of carbonyl (C=O) groups excluding carboxylic acids is 1. The van der Waals surface area contributed by atoms with Crippen LogP contribution in [-0.4, -0.2) is 32.3 Å². The quantitative estimate of drug-likeness (QED) is 0.492. The smallest absolute Gasteiger partial charge is 0.246 e. The number of carbonyl (C=O) groups is 1. The van der Waals surface area contributed by atoms with Gasteiger partial charge in [0.25, 0.3) is 0 Å². The van der Waals surface area contributed by atoms with E-state index in [0.29, 0.717) is 12.4 Å². The summed E-state index contributed by atoms with van der Waals surface area (Å²) in [7, 11) is 0. The summed E-state index contributed by atoms with van der Waals surface area (Å²) < 4.78 is 7.58. The van der Waals surface area contributed by atoms with Gasteiger partial charge in [0.2, 0.25) is 5.91 Å². The summed E-state index contributed by atoms with van der Waals surface area (Å²) in [6, 6.07) is 23.5. The van der Waals surface area contributed by atoms with Crippen molar-refractivity contribution in [1.29, 1.82) is 0 Å². The summed E-state index contributed by atoms with van der Waals surface area (Å²) in [5, 5.41) is 7.00. The Morgan fingerprint density at radius 1 is 0.967 bits per heavy atom. The van der Waals surface area contributed by atoms with E-state index in [4.69, 9.17) is 4.74 Å². The summed E-state index contributed by atoms with van der Waals surface area (Å²) in [6.45, 7) is 0.250. The van der Waals surface area contributed by atoms with Gasteiger partial charge in [-0.15, -0.1) is 0 Å². The lowest BCUT2D eigenvalue weighted by Crippen LogP contribution is -2.28. The van der Waals surface area contributed by atoms with Gasteiger partial charge < -0.3 is 10.1 Å². The maximum atomic E-state index is 12.5. The molecular formula is C23H21N5O2. The van der Waals surface area contributed by atoms with Crippen molar-refractivity contribution in [3.8, 4) is 5.82 Å². The lowest BCUT2D eigenvalue weighted by Gasteiger charge is -2.19. The van der Waals surface area contributed by atoms with Gasteiger partial charge in [-0.2, -0.15) is 5.10 Å². The predicted octanol–water partition coefficient (Wildman–Crippen LogP) is 3.08. The average Bonchev–Trinajstić information content (AvgIpc) is 3.34. The third-order valence-corrected chi connectivity index (χ3v) is 4.57. The molecule has 7 heteroatoms. The lowest BCUT2D eigenvalue weighted by molar-refractivity contribution is -0.127. The van der Waals surface area contributed by atoms with Crippen molar-refractivity contribution in [1.82, 2.24) is 25.1 Å². The largest absolute Gasteiger partial charge is 0.359 e. The number of ether oxygens (including phenoxy) is 1. The van der Waals surface area contributed by atoms with Crippen LogP contribution in [0.2, 0.25) is 0 Å². The SMILES string of the molecule is O=C(COC(c1ccccc1)c1ccccc1)NCc1cccnc1-n1cncn1. The number of nitrogens with one attached hydrogen (secondary N) is 1. The highest BCUT2D eigenvalue weighted by Crippen LogP contribution is 2.25. The number of nitrogens with zero attached hydrogens (tertiary/aromatic N) is 4. The van der Waals surface area contributed by atoms with E-state index in [1.807, 2.05) is 72.8 Å². The zero-order valence-corrected chi connectivity index (χ0v) is 16.3. The number of hydrogen-bond donors (Lipinski definition) is 1. The second kappa shape index (κ2) is 9.58. The van der Waals surface area contributed by atoms with Gasteiger partial charge in [-0.1, -0.05) is 66.7 Å². The van der Waals surface area contributed by atoms with E-state index in [1.165, 1.54) is 6.33 Å². The number of hydrogen-bond acceptors (Lipinski definition) is 5. The number of aromatic nitrogens is 4. The minimum atomic E-state index is -0.317. The number of pyridine rings is 1. The molecule has 0 saturated carbocycles. The number of rotatable bonds is 8. The maximum Gasteiger partial charge on any atom is 0.246 e. The van der Waals surface area contributed by atoms with E-state index in [0.717, 1.165) is 16.7 Å². The van der Waals surface area contributed by atoms with Gasteiger partial charge in [0.15, 0.2) is 5.82 Å². The van der Waals surface area contributed by atoms with Crippen LogP contribution in [0.5, 0.6) is 0 Å². The van der Waals surface area contributed by atoms with Crippen molar-refractivity contribution in [3.05, 3.63) is 108 Å². The topological polar surface area (TPSA) is 81.9 Å². The summed E-state index contributed by atoms with van der Waals surface area (Å²) >= 11 is 0. The van der Waals surface area contributed by atoms with Crippen LogP contribution in [0.3, 0.4) is 0 Å². The van der Waals surface area contributed by atoms with Gasteiger partial charge in [0.05, 0.1) is 0 Å². The molecule has 0 fully saturated rings. The van der Waals surface area contributed by atoms with E-state index in [2.05, 4.69) is 20.4 Å². The fourth-order valence-corrected chi connectivity index (χ4v) is 3.14. The van der Waals surface area contributed by atoms with Crippen LogP contribution in [0.1, 0.15) is 22.8 Å². The summed E-state index contributed by atoms with van der Waals surface area (Å²) in [5.74, 6) is 0.419. The first-order valence-corrected chi connectivity index (χ1v) is 9.58. The molecule has 0 atom stereocenters. The lowest BCUT2D eigenvalue weighted by atomic mass is 10.0. The van der Waals surface area contributed by atoms with Crippen LogP contribution in [0, 0.1) is 0 Å². The molecule has 0 aliphatic rings. The van der Waals surface area contributed by atoms with Crippen LogP contribution >= 0.6 is 0 Å². The molecule has 150 valence electrons. The molecule has 7 nitrogen and oxygen atoms in total. The molecule has 0 bridgehead atoms. The molecule has 0 aliphatic heterocycles. The van der Waals surface area contributed by atoms with Crippen LogP contribution < -0.4 is 5.32 Å². The predicted molar refractivity (Wildman–Crippen MR) is 112 cm³/mol. The standard InChI is InChI=1S/C23H21N5O2/c29-21(26-14-20-12-7-13-25-23(20)28-17-24-16-27-28)15-30-22(18-8-3-1-4-9-18)19-10-5-2-6-11-19/h1-13,16-17,22H,14-15H2,(H,26,29). The van der Waals surface area contributed by atoms with Crippen LogP contribution in [0.15, 0.2) is 91.6 Å². The van der Waals surface area contributed by atoms with Gasteiger partial charge in [-0.3, -0.25) is 4.79 Å². The summed E-state index contributed by atoms with van der Waals surface area (Å²) in [6.07, 6.45) is 4.37. The van der Waals surface area contributed by atoms with E-state index in [9.17, 15) is 4.79 Å². The van der Waals surface area contributed by atoms with Crippen molar-refractivity contribution >= 4 is 5.91 Å². The zero-order valence-electron chi connectivity index (χ0n) is 16.3. The minimum Gasteiger partial charge on any atom is -0.359 e. The molecule has 0 spiro atoms. The molecule has 0 radical (unpaired) electrons. The van der Waals surface area contributed by atoms with Gasteiger partial charge in [0, 0.05) is 18.3 Å². The Balaban J connectivity index is 1.41. The molecule has 30 heavy (non-hydrogen) atoms. The molecule has 2 heterocycles. The van der Waals surface area contributed by atoms with E-state index in [1.54, 1.807) is 17.2 Å². The molecule has 4 rings (SSSR count). The first-order chi connectivity index (χ1) is 14.8. The molecule has 4 aromatic rings. The highest BCUT2D eigenvalue weighted by molar-refractivity contribution is 5.77. The van der Waals surface area contributed by atoms with Crippen molar-refractivity contribution in [2.45, 2.75) is 12.6 Å². The zero-order chi connectivity index (χ0) is 20.6. The van der Waals surface area contributed by atoms with Gasteiger partial charge in [0.1, 0.15) is 25.4 Å². The molecule has 1 amide bonds. The first-order valence-electron chi connectivity index (χ1n) is 9.58. The average molecular weight is 399 g/mol. The summed E-state index contributed by atoms with van der Waals surface area (Å²) in [5.41, 5.74) is 2.83. The highest BCUT2D eigenvalue weighted by atomic mass is 16.5. The van der Waals surface area contributed by atoms with Crippen molar-refractivity contribution in [2.75, 3.05) is 6.61 Å². The Morgan fingerprint density at radius 2 is 1.67 bits per heavy atom. The highest BCUT2D eigenvalue weighted by Gasteiger charge is 2.16. The summed E-state index contributed by atoms with van der Waals surface area (Å²) in [4.78, 5) is 20.8.